The van der Waals surface area contributed by atoms with Gasteiger partial charge in [-0.1, -0.05) is 12.1 Å². The second-order valence-corrected chi connectivity index (χ2v) is 10.7. The van der Waals surface area contributed by atoms with Crippen molar-refractivity contribution in [3.63, 3.8) is 0 Å². The highest BCUT2D eigenvalue weighted by molar-refractivity contribution is 5.94. The van der Waals surface area contributed by atoms with E-state index in [1.165, 1.54) is 18.3 Å². The fraction of sp³-hybridized carbons (Fsp3) is 0.290. The van der Waals surface area contributed by atoms with Crippen molar-refractivity contribution in [3.8, 4) is 11.1 Å². The lowest BCUT2D eigenvalue weighted by Crippen LogP contribution is -2.20. The number of aromatic nitrogens is 3. The Balaban J connectivity index is 1.53. The molecule has 1 aliphatic carbocycles. The number of hydrogen-bond donors (Lipinski definition) is 2. The minimum Gasteiger partial charge on any atom is -0.388 e. The van der Waals surface area contributed by atoms with Crippen LogP contribution in [-0.4, -0.2) is 31.6 Å². The molecule has 2 aromatic carbocycles. The molecule has 3 N–H and O–H groups in total. The Labute approximate surface area is 247 Å². The van der Waals surface area contributed by atoms with E-state index < -0.39 is 59.6 Å². The van der Waals surface area contributed by atoms with Gasteiger partial charge in [0.2, 0.25) is 0 Å². The molecule has 0 saturated carbocycles. The maximum Gasteiger partial charge on any atom is 0.435 e. The number of aliphatic hydroxyl groups excluding tert-OH is 1. The number of amides is 1. The molecule has 0 radical (unpaired) electrons. The molecule has 13 heteroatoms. The quantitative estimate of drug-likeness (QED) is 0.230. The number of nitrogens with zero attached hydrogens (tertiary/aromatic N) is 3. The number of ketones is 1. The van der Waals surface area contributed by atoms with Crippen molar-refractivity contribution < 1.29 is 41.0 Å². The summed E-state index contributed by atoms with van der Waals surface area (Å²) in [6.07, 6.45) is -4.50. The van der Waals surface area contributed by atoms with Crippen LogP contribution in [0.15, 0.2) is 54.7 Å². The highest BCUT2D eigenvalue weighted by atomic mass is 19.4. The van der Waals surface area contributed by atoms with Crippen molar-refractivity contribution in [2.45, 2.75) is 56.8 Å². The predicted molar refractivity (Wildman–Crippen MR) is 146 cm³/mol. The van der Waals surface area contributed by atoms with E-state index in [9.17, 15) is 41.0 Å². The summed E-state index contributed by atoms with van der Waals surface area (Å²) in [5, 5.41) is 14.0. The van der Waals surface area contributed by atoms with Gasteiger partial charge in [0.15, 0.2) is 11.5 Å². The van der Waals surface area contributed by atoms with Crippen LogP contribution in [-0.2, 0) is 30.4 Å². The third kappa shape index (κ3) is 6.52. The first-order chi connectivity index (χ1) is 20.8. The summed E-state index contributed by atoms with van der Waals surface area (Å²) < 4.78 is 84.6. The van der Waals surface area contributed by atoms with Gasteiger partial charge in [-0.2, -0.15) is 18.3 Å². The van der Waals surface area contributed by atoms with Crippen molar-refractivity contribution in [2.75, 3.05) is 0 Å². The Bertz CT molecular complexity index is 1720. The van der Waals surface area contributed by atoms with Crippen LogP contribution in [0.3, 0.4) is 0 Å². The van der Waals surface area contributed by atoms with Gasteiger partial charge in [-0.3, -0.25) is 19.3 Å². The topological polar surface area (TPSA) is 111 Å². The van der Waals surface area contributed by atoms with Crippen molar-refractivity contribution >= 4 is 11.7 Å². The number of Topliss-reactive ketones (excluding diaryl/α,β-unsaturated/α-hetero) is 1. The number of carbonyl (C=O) groups excluding carboxylic acids is 2. The molecule has 7 nitrogen and oxygen atoms in total. The SMILES string of the molecule is NC(=O)c1cc(-c2cccnc2[C@@H](CC(=O)Cn2nc(C(F)(F)F)c3c2CCCC3O)Cc2cc(F)cc(F)c2)ccc1F. The Kier molecular flexibility index (Phi) is 8.60. The van der Waals surface area contributed by atoms with Crippen molar-refractivity contribution in [2.24, 2.45) is 5.73 Å². The van der Waals surface area contributed by atoms with E-state index in [1.54, 1.807) is 12.1 Å². The smallest absolute Gasteiger partial charge is 0.388 e. The maximum atomic E-state index is 14.2. The van der Waals surface area contributed by atoms with E-state index in [-0.39, 0.29) is 53.8 Å². The minimum absolute atomic E-state index is 0.0992. The zero-order chi connectivity index (χ0) is 31.8. The van der Waals surface area contributed by atoms with Gasteiger partial charge in [-0.05, 0) is 67.1 Å². The van der Waals surface area contributed by atoms with E-state index in [0.29, 0.717) is 23.6 Å². The van der Waals surface area contributed by atoms with Crippen molar-refractivity contribution in [1.82, 2.24) is 14.8 Å². The number of halogens is 6. The van der Waals surface area contributed by atoms with E-state index in [0.717, 1.165) is 22.9 Å². The molecule has 1 amide bonds. The molecule has 2 heterocycles. The second-order valence-electron chi connectivity index (χ2n) is 10.7. The fourth-order valence-corrected chi connectivity index (χ4v) is 5.73. The van der Waals surface area contributed by atoms with Crippen LogP contribution in [0.4, 0.5) is 26.3 Å². The molecule has 0 aliphatic heterocycles. The summed E-state index contributed by atoms with van der Waals surface area (Å²) in [4.78, 5) is 29.7. The Morgan fingerprint density at radius 1 is 1.07 bits per heavy atom. The summed E-state index contributed by atoms with van der Waals surface area (Å²) in [7, 11) is 0. The lowest BCUT2D eigenvalue weighted by atomic mass is 9.86. The van der Waals surface area contributed by atoms with Gasteiger partial charge in [0.1, 0.15) is 17.5 Å². The van der Waals surface area contributed by atoms with E-state index in [2.05, 4.69) is 10.1 Å². The Morgan fingerprint density at radius 2 is 1.80 bits per heavy atom. The highest BCUT2D eigenvalue weighted by Crippen LogP contribution is 2.40. The molecular weight excluding hydrogens is 590 g/mol. The summed E-state index contributed by atoms with van der Waals surface area (Å²) in [6.45, 7) is -0.552. The molecule has 0 saturated heterocycles. The first-order valence-electron chi connectivity index (χ1n) is 13.7. The van der Waals surface area contributed by atoms with Crippen LogP contribution < -0.4 is 5.73 Å². The summed E-state index contributed by atoms with van der Waals surface area (Å²) in [6, 6.07) is 9.68. The normalized spacial score (nSPS) is 15.6. The van der Waals surface area contributed by atoms with Gasteiger partial charge in [-0.25, -0.2) is 13.2 Å². The van der Waals surface area contributed by atoms with Gasteiger partial charge in [0, 0.05) is 41.4 Å². The summed E-state index contributed by atoms with van der Waals surface area (Å²) in [5.41, 5.74) is 4.63. The van der Waals surface area contributed by atoms with E-state index >= 15 is 0 Å². The molecule has 2 aromatic heterocycles. The maximum absolute atomic E-state index is 14.2. The molecule has 44 heavy (non-hydrogen) atoms. The number of fused-ring (bicyclic) bond motifs is 1. The zero-order valence-electron chi connectivity index (χ0n) is 23.0. The van der Waals surface area contributed by atoms with Crippen molar-refractivity contribution in [3.05, 3.63) is 106 Å². The zero-order valence-corrected chi connectivity index (χ0v) is 23.0. The molecule has 0 bridgehead atoms. The van der Waals surface area contributed by atoms with Crippen LogP contribution in [0.1, 0.15) is 69.9 Å². The van der Waals surface area contributed by atoms with Crippen LogP contribution in [0.2, 0.25) is 0 Å². The van der Waals surface area contributed by atoms with Crippen LogP contribution >= 0.6 is 0 Å². The minimum atomic E-state index is -4.84. The number of primary amides is 1. The number of benzene rings is 2. The lowest BCUT2D eigenvalue weighted by molar-refractivity contribution is -0.143. The number of rotatable bonds is 9. The molecule has 4 aromatic rings. The number of aliphatic hydroxyl groups is 1. The Morgan fingerprint density at radius 3 is 2.48 bits per heavy atom. The third-order valence-corrected chi connectivity index (χ3v) is 7.56. The monoisotopic (exact) mass is 616 g/mol. The number of hydrogen-bond acceptors (Lipinski definition) is 5. The Hall–Kier alpha value is -4.52. The van der Waals surface area contributed by atoms with Gasteiger partial charge in [0.05, 0.1) is 23.9 Å². The molecule has 2 atom stereocenters. The first-order valence-corrected chi connectivity index (χ1v) is 13.7. The number of carbonyl (C=O) groups is 2. The molecule has 1 aliphatic rings. The van der Waals surface area contributed by atoms with E-state index in [1.807, 2.05) is 0 Å². The molecule has 1 unspecified atom stereocenters. The van der Waals surface area contributed by atoms with E-state index in [4.69, 9.17) is 5.73 Å². The largest absolute Gasteiger partial charge is 0.435 e. The lowest BCUT2D eigenvalue weighted by Gasteiger charge is -2.21. The standard InChI is InChI=1S/C31H26F6N4O3/c32-19-10-16(11-20(33)14-19)9-18(28-22(3-2-8-39-28)17-6-7-24(34)23(13-17)30(38)44)12-21(42)15-41-25-4-1-5-26(43)27(25)29(40-41)31(35,36)37/h2-3,6-8,10-11,13-14,18,26,43H,1,4-5,9,12,15H2,(H2,38,44)/t18-,26?/m1/s1. The molecular formula is C31H26F6N4O3. The average molecular weight is 617 g/mol. The number of nitrogens with two attached hydrogens (primary N) is 1. The molecule has 0 spiro atoms. The number of alkyl halides is 3. The van der Waals surface area contributed by atoms with Gasteiger partial charge in [0.25, 0.3) is 5.91 Å². The molecule has 230 valence electrons. The molecule has 5 rings (SSSR count). The van der Waals surface area contributed by atoms with Gasteiger partial charge >= 0.3 is 6.18 Å². The highest BCUT2D eigenvalue weighted by Gasteiger charge is 2.42. The average Bonchev–Trinajstić information content (AvgIpc) is 3.32. The second kappa shape index (κ2) is 12.2. The predicted octanol–water partition coefficient (Wildman–Crippen LogP) is 5.84. The first kappa shape index (κ1) is 30.9. The summed E-state index contributed by atoms with van der Waals surface area (Å²) >= 11 is 0. The van der Waals surface area contributed by atoms with Crippen LogP contribution in [0.25, 0.3) is 11.1 Å². The van der Waals surface area contributed by atoms with Gasteiger partial charge < -0.3 is 10.8 Å². The van der Waals surface area contributed by atoms with Crippen LogP contribution in [0.5, 0.6) is 0 Å². The molecule has 0 fully saturated rings. The van der Waals surface area contributed by atoms with Gasteiger partial charge in [-0.15, -0.1) is 0 Å². The number of pyridine rings is 1. The fourth-order valence-electron chi connectivity index (χ4n) is 5.73. The van der Waals surface area contributed by atoms with Crippen LogP contribution in [0, 0.1) is 17.5 Å². The summed E-state index contributed by atoms with van der Waals surface area (Å²) in [5.74, 6) is -4.97. The van der Waals surface area contributed by atoms with Crippen molar-refractivity contribution in [1.29, 1.82) is 0 Å². The third-order valence-electron chi connectivity index (χ3n) is 7.56.